The third-order valence-corrected chi connectivity index (χ3v) is 4.81. The summed E-state index contributed by atoms with van der Waals surface area (Å²) >= 11 is 1.72. The van der Waals surface area contributed by atoms with E-state index in [0.717, 1.165) is 22.9 Å². The third-order valence-electron chi connectivity index (χ3n) is 3.87. The first-order chi connectivity index (χ1) is 10.6. The number of fused-ring (bicyclic) bond motifs is 1. The molecule has 7 heteroatoms. The maximum Gasteiger partial charge on any atom is 0.267 e. The molecule has 0 saturated carbocycles. The van der Waals surface area contributed by atoms with Crippen molar-refractivity contribution in [1.29, 1.82) is 0 Å². The summed E-state index contributed by atoms with van der Waals surface area (Å²) in [6.07, 6.45) is -0.464. The van der Waals surface area contributed by atoms with Gasteiger partial charge in [-0.3, -0.25) is 14.9 Å². The van der Waals surface area contributed by atoms with E-state index < -0.39 is 6.10 Å². The summed E-state index contributed by atoms with van der Waals surface area (Å²) in [6, 6.07) is 5.53. The number of nitrogens with one attached hydrogen (secondary N) is 2. The molecule has 2 N–H and O–H groups in total. The average molecular weight is 321 g/mol. The molecule has 1 aromatic rings. The summed E-state index contributed by atoms with van der Waals surface area (Å²) in [5.74, 6) is 2.26. The highest BCUT2D eigenvalue weighted by molar-refractivity contribution is 7.99. The van der Waals surface area contributed by atoms with Crippen LogP contribution in [0.2, 0.25) is 0 Å². The minimum atomic E-state index is -0.464. The molecule has 0 aromatic heterocycles. The molecular weight excluding hydrogens is 302 g/mol. The van der Waals surface area contributed by atoms with E-state index in [9.17, 15) is 9.59 Å². The van der Waals surface area contributed by atoms with E-state index in [-0.39, 0.29) is 17.9 Å². The van der Waals surface area contributed by atoms with Gasteiger partial charge in [-0.1, -0.05) is 6.07 Å². The zero-order valence-corrected chi connectivity index (χ0v) is 13.4. The molecule has 2 unspecified atom stereocenters. The Morgan fingerprint density at radius 3 is 3.09 bits per heavy atom. The van der Waals surface area contributed by atoms with Gasteiger partial charge < -0.3 is 15.0 Å². The SMILES string of the molecule is CC1Oc2ccc(CNC(=O)C3CSCN3)cc2N(C)C1=O. The van der Waals surface area contributed by atoms with Crippen LogP contribution in [0.15, 0.2) is 18.2 Å². The number of likely N-dealkylation sites (N-methyl/N-ethyl adjacent to an activating group) is 1. The van der Waals surface area contributed by atoms with E-state index in [2.05, 4.69) is 10.6 Å². The van der Waals surface area contributed by atoms with E-state index in [0.29, 0.717) is 12.3 Å². The first-order valence-electron chi connectivity index (χ1n) is 7.22. The van der Waals surface area contributed by atoms with Crippen LogP contribution in [0.4, 0.5) is 5.69 Å². The number of nitrogens with zero attached hydrogens (tertiary/aromatic N) is 1. The van der Waals surface area contributed by atoms with Gasteiger partial charge in [0, 0.05) is 25.2 Å². The van der Waals surface area contributed by atoms with Gasteiger partial charge in [0.15, 0.2) is 6.10 Å². The molecule has 1 fully saturated rings. The lowest BCUT2D eigenvalue weighted by atomic mass is 10.1. The van der Waals surface area contributed by atoms with Crippen molar-refractivity contribution in [2.75, 3.05) is 23.6 Å². The topological polar surface area (TPSA) is 70.7 Å². The van der Waals surface area contributed by atoms with Crippen molar-refractivity contribution < 1.29 is 14.3 Å². The van der Waals surface area contributed by atoms with Gasteiger partial charge in [-0.15, -0.1) is 11.8 Å². The minimum Gasteiger partial charge on any atom is -0.479 e. The van der Waals surface area contributed by atoms with Crippen LogP contribution in [0.3, 0.4) is 0 Å². The predicted octanol–water partition coefficient (Wildman–Crippen LogP) is 0.709. The van der Waals surface area contributed by atoms with Crippen LogP contribution in [0.5, 0.6) is 5.75 Å². The largest absolute Gasteiger partial charge is 0.479 e. The van der Waals surface area contributed by atoms with Gasteiger partial charge in [-0.25, -0.2) is 0 Å². The molecule has 1 saturated heterocycles. The fourth-order valence-corrected chi connectivity index (χ4v) is 3.48. The average Bonchev–Trinajstić information content (AvgIpc) is 3.05. The summed E-state index contributed by atoms with van der Waals surface area (Å²) in [5, 5.41) is 6.06. The maximum absolute atomic E-state index is 12.0. The van der Waals surface area contributed by atoms with Gasteiger partial charge in [0.25, 0.3) is 5.91 Å². The molecule has 0 spiro atoms. The number of amides is 2. The molecule has 0 bridgehead atoms. The van der Waals surface area contributed by atoms with Crippen molar-refractivity contribution in [3.63, 3.8) is 0 Å². The van der Waals surface area contributed by atoms with Crippen LogP contribution >= 0.6 is 11.8 Å². The van der Waals surface area contributed by atoms with Gasteiger partial charge in [0.05, 0.1) is 11.7 Å². The number of thioether (sulfide) groups is 1. The van der Waals surface area contributed by atoms with Crippen LogP contribution in [-0.4, -0.2) is 42.6 Å². The molecule has 2 amide bonds. The van der Waals surface area contributed by atoms with Crippen LogP contribution in [0.25, 0.3) is 0 Å². The highest BCUT2D eigenvalue weighted by atomic mass is 32.2. The van der Waals surface area contributed by atoms with Crippen LogP contribution in [-0.2, 0) is 16.1 Å². The molecule has 0 radical (unpaired) electrons. The van der Waals surface area contributed by atoms with Crippen LogP contribution < -0.4 is 20.3 Å². The van der Waals surface area contributed by atoms with Gasteiger partial charge in [-0.2, -0.15) is 0 Å². The van der Waals surface area contributed by atoms with Crippen molar-refractivity contribution in [2.45, 2.75) is 25.6 Å². The van der Waals surface area contributed by atoms with Crippen LogP contribution in [0, 0.1) is 0 Å². The highest BCUT2D eigenvalue weighted by Crippen LogP contribution is 2.33. The van der Waals surface area contributed by atoms with E-state index in [1.54, 1.807) is 30.6 Å². The number of rotatable bonds is 3. The number of carbonyl (C=O) groups is 2. The molecule has 2 atom stereocenters. The van der Waals surface area contributed by atoms with Crippen molar-refractivity contribution in [1.82, 2.24) is 10.6 Å². The lowest BCUT2D eigenvalue weighted by molar-refractivity contribution is -0.125. The standard InChI is InChI=1S/C15H19N3O3S/c1-9-15(20)18(2)12-5-10(3-4-13(12)21-9)6-16-14(19)11-7-22-8-17-11/h3-5,9,11,17H,6-8H2,1-2H3,(H,16,19). The Morgan fingerprint density at radius 1 is 1.55 bits per heavy atom. The van der Waals surface area contributed by atoms with Crippen molar-refractivity contribution in [3.8, 4) is 5.75 Å². The molecule has 2 aliphatic heterocycles. The zero-order valence-electron chi connectivity index (χ0n) is 12.6. The van der Waals surface area contributed by atoms with Crippen LogP contribution in [0.1, 0.15) is 12.5 Å². The number of carbonyl (C=O) groups excluding carboxylic acids is 2. The third kappa shape index (κ3) is 2.91. The summed E-state index contributed by atoms with van der Waals surface area (Å²) in [6.45, 7) is 2.18. The summed E-state index contributed by atoms with van der Waals surface area (Å²) < 4.78 is 5.59. The van der Waals surface area contributed by atoms with Crippen molar-refractivity contribution in [2.24, 2.45) is 0 Å². The van der Waals surface area contributed by atoms with Crippen molar-refractivity contribution >= 4 is 29.3 Å². The fourth-order valence-electron chi connectivity index (χ4n) is 2.54. The minimum absolute atomic E-state index is 0.0111. The predicted molar refractivity (Wildman–Crippen MR) is 86.0 cm³/mol. The molecular formula is C15H19N3O3S. The maximum atomic E-state index is 12.0. The quantitative estimate of drug-likeness (QED) is 0.858. The Hall–Kier alpha value is -1.73. The highest BCUT2D eigenvalue weighted by Gasteiger charge is 2.29. The van der Waals surface area contributed by atoms with Gasteiger partial charge in [0.2, 0.25) is 5.91 Å². The zero-order chi connectivity index (χ0) is 15.7. The van der Waals surface area contributed by atoms with Gasteiger partial charge >= 0.3 is 0 Å². The van der Waals surface area contributed by atoms with Gasteiger partial charge in [0.1, 0.15) is 5.75 Å². The molecule has 2 heterocycles. The monoisotopic (exact) mass is 321 g/mol. The first kappa shape index (κ1) is 15.2. The fraction of sp³-hybridized carbons (Fsp3) is 0.467. The smallest absolute Gasteiger partial charge is 0.267 e. The molecule has 22 heavy (non-hydrogen) atoms. The number of anilines is 1. The number of benzene rings is 1. The Kier molecular flexibility index (Phi) is 4.26. The number of hydrogen-bond donors (Lipinski definition) is 2. The second kappa shape index (κ2) is 6.18. The summed E-state index contributed by atoms with van der Waals surface area (Å²) in [4.78, 5) is 25.6. The normalized spacial score (nSPS) is 23.9. The Bertz CT molecular complexity index is 602. The Morgan fingerprint density at radius 2 is 2.36 bits per heavy atom. The summed E-state index contributed by atoms with van der Waals surface area (Å²) in [7, 11) is 1.74. The molecule has 118 valence electrons. The molecule has 1 aromatic carbocycles. The lowest BCUT2D eigenvalue weighted by Crippen LogP contribution is -2.42. The van der Waals surface area contributed by atoms with Gasteiger partial charge in [-0.05, 0) is 24.6 Å². The Balaban J connectivity index is 1.68. The first-order valence-corrected chi connectivity index (χ1v) is 8.37. The van der Waals surface area contributed by atoms with E-state index in [1.165, 1.54) is 0 Å². The van der Waals surface area contributed by atoms with E-state index in [1.807, 2.05) is 18.2 Å². The molecule has 2 aliphatic rings. The Labute approximate surface area is 133 Å². The molecule has 3 rings (SSSR count). The number of hydrogen-bond acceptors (Lipinski definition) is 5. The molecule has 0 aliphatic carbocycles. The second-order valence-corrected chi connectivity index (χ2v) is 6.48. The summed E-state index contributed by atoms with van der Waals surface area (Å²) in [5.41, 5.74) is 1.68. The lowest BCUT2D eigenvalue weighted by Gasteiger charge is -2.30. The molecule has 6 nitrogen and oxygen atoms in total. The van der Waals surface area contributed by atoms with E-state index in [4.69, 9.17) is 4.74 Å². The number of ether oxygens (including phenoxy) is 1. The second-order valence-electron chi connectivity index (χ2n) is 5.45. The van der Waals surface area contributed by atoms with Crippen molar-refractivity contribution in [3.05, 3.63) is 23.8 Å². The van der Waals surface area contributed by atoms with E-state index >= 15 is 0 Å².